The van der Waals surface area contributed by atoms with Crippen LogP contribution < -0.4 is 4.74 Å². The van der Waals surface area contributed by atoms with Crippen molar-refractivity contribution in [3.8, 4) is 5.75 Å². The summed E-state index contributed by atoms with van der Waals surface area (Å²) < 4.78 is 5.25. The van der Waals surface area contributed by atoms with Crippen LogP contribution in [0.2, 0.25) is 0 Å². The maximum atomic E-state index is 5.25. The lowest BCUT2D eigenvalue weighted by atomic mass is 9.81. The van der Waals surface area contributed by atoms with Crippen LogP contribution in [-0.2, 0) is 0 Å². The van der Waals surface area contributed by atoms with Crippen molar-refractivity contribution in [3.63, 3.8) is 0 Å². The van der Waals surface area contributed by atoms with E-state index in [0.717, 1.165) is 12.2 Å². The van der Waals surface area contributed by atoms with Crippen LogP contribution >= 0.6 is 0 Å². The summed E-state index contributed by atoms with van der Waals surface area (Å²) >= 11 is 0. The Morgan fingerprint density at radius 3 is 2.75 bits per heavy atom. The Kier molecular flexibility index (Phi) is 3.14. The van der Waals surface area contributed by atoms with Crippen LogP contribution in [0, 0.1) is 0 Å². The average molecular weight is 214 g/mol. The zero-order valence-electron chi connectivity index (χ0n) is 10.0. The van der Waals surface area contributed by atoms with Crippen molar-refractivity contribution < 1.29 is 4.74 Å². The monoisotopic (exact) mass is 214 g/mol. The van der Waals surface area contributed by atoms with Gasteiger partial charge in [-0.2, -0.15) is 0 Å². The van der Waals surface area contributed by atoms with E-state index < -0.39 is 0 Å². The zero-order chi connectivity index (χ0) is 11.5. The molecule has 0 unspecified atom stereocenters. The highest BCUT2D eigenvalue weighted by Gasteiger charge is 2.18. The number of rotatable bonds is 4. The molecule has 0 heterocycles. The molecule has 0 aliphatic heterocycles. The van der Waals surface area contributed by atoms with E-state index in [0.29, 0.717) is 0 Å². The van der Waals surface area contributed by atoms with E-state index in [1.807, 2.05) is 6.07 Å². The lowest BCUT2D eigenvalue weighted by Crippen LogP contribution is -2.04. The van der Waals surface area contributed by atoms with Crippen molar-refractivity contribution in [2.75, 3.05) is 7.11 Å². The normalized spacial score (nSPS) is 14.6. The van der Waals surface area contributed by atoms with Gasteiger partial charge in [0.15, 0.2) is 0 Å². The van der Waals surface area contributed by atoms with Crippen molar-refractivity contribution >= 4 is 5.57 Å². The number of hydrogen-bond acceptors (Lipinski definition) is 1. The van der Waals surface area contributed by atoms with Crippen LogP contribution in [0.4, 0.5) is 0 Å². The molecule has 16 heavy (non-hydrogen) atoms. The Bertz CT molecular complexity index is 441. The molecular weight excluding hydrogens is 196 g/mol. The molecule has 0 saturated heterocycles. The average Bonchev–Trinajstić information content (AvgIpc) is 2.25. The molecule has 1 aliphatic carbocycles. The predicted molar refractivity (Wildman–Crippen MR) is 68.6 cm³/mol. The first-order chi connectivity index (χ1) is 7.70. The van der Waals surface area contributed by atoms with Gasteiger partial charge in [-0.05, 0) is 49.5 Å². The van der Waals surface area contributed by atoms with Gasteiger partial charge in [-0.1, -0.05) is 29.9 Å². The van der Waals surface area contributed by atoms with E-state index in [1.54, 1.807) is 12.7 Å². The molecule has 1 aromatic rings. The zero-order valence-corrected chi connectivity index (χ0v) is 10.0. The molecule has 1 aromatic carbocycles. The topological polar surface area (TPSA) is 9.23 Å². The number of methoxy groups -OCH3 is 1. The molecule has 0 atom stereocenters. The second-order valence-electron chi connectivity index (χ2n) is 4.45. The predicted octanol–water partition coefficient (Wildman–Crippen LogP) is 4.21. The second-order valence-corrected chi connectivity index (χ2v) is 4.45. The van der Waals surface area contributed by atoms with E-state index in [9.17, 15) is 0 Å². The summed E-state index contributed by atoms with van der Waals surface area (Å²) in [6, 6.07) is 8.32. The molecule has 0 aromatic heterocycles. The van der Waals surface area contributed by atoms with Crippen molar-refractivity contribution in [1.82, 2.24) is 0 Å². The van der Waals surface area contributed by atoms with Crippen LogP contribution in [-0.4, -0.2) is 7.11 Å². The first-order valence-corrected chi connectivity index (χ1v) is 5.70. The van der Waals surface area contributed by atoms with Gasteiger partial charge in [0.1, 0.15) is 5.75 Å². The minimum absolute atomic E-state index is 0.937. The van der Waals surface area contributed by atoms with Gasteiger partial charge in [-0.3, -0.25) is 0 Å². The molecule has 1 heteroatoms. The second kappa shape index (κ2) is 4.56. The first-order valence-electron chi connectivity index (χ1n) is 5.70. The fourth-order valence-electron chi connectivity index (χ4n) is 2.15. The van der Waals surface area contributed by atoms with Gasteiger partial charge in [0.25, 0.3) is 0 Å². The van der Waals surface area contributed by atoms with E-state index in [2.05, 4.69) is 31.7 Å². The van der Waals surface area contributed by atoms with Gasteiger partial charge < -0.3 is 4.74 Å². The van der Waals surface area contributed by atoms with Crippen LogP contribution in [0.25, 0.3) is 5.57 Å². The van der Waals surface area contributed by atoms with E-state index >= 15 is 0 Å². The summed E-state index contributed by atoms with van der Waals surface area (Å²) in [5, 5.41) is 0. The van der Waals surface area contributed by atoms with Gasteiger partial charge in [0, 0.05) is 0 Å². The molecule has 1 aliphatic rings. The van der Waals surface area contributed by atoms with Gasteiger partial charge in [-0.15, -0.1) is 0 Å². The van der Waals surface area contributed by atoms with E-state index in [1.165, 1.54) is 29.6 Å². The maximum Gasteiger partial charge on any atom is 0.119 e. The van der Waals surface area contributed by atoms with Crippen LogP contribution in [0.3, 0.4) is 0 Å². The Morgan fingerprint density at radius 2 is 2.19 bits per heavy atom. The standard InChI is InChI=1S/C15H18O/c1-11(2)9-13-7-8-15(13)12-5-4-6-14(10-12)16-3/h4-6,10H,1,7-9H2,2-3H3. The van der Waals surface area contributed by atoms with Crippen molar-refractivity contribution in [2.45, 2.75) is 26.2 Å². The summed E-state index contributed by atoms with van der Waals surface area (Å²) in [6.45, 7) is 6.07. The van der Waals surface area contributed by atoms with Gasteiger partial charge in [-0.25, -0.2) is 0 Å². The fourth-order valence-corrected chi connectivity index (χ4v) is 2.15. The molecule has 0 spiro atoms. The highest BCUT2D eigenvalue weighted by Crippen LogP contribution is 2.39. The third-order valence-electron chi connectivity index (χ3n) is 3.04. The minimum atomic E-state index is 0.937. The Balaban J connectivity index is 2.27. The Morgan fingerprint density at radius 1 is 1.38 bits per heavy atom. The smallest absolute Gasteiger partial charge is 0.119 e. The first kappa shape index (κ1) is 11.0. The SMILES string of the molecule is C=C(C)CC1=C(c2cccc(OC)c2)CC1. The van der Waals surface area contributed by atoms with Crippen molar-refractivity contribution in [2.24, 2.45) is 0 Å². The van der Waals surface area contributed by atoms with Gasteiger partial charge in [0.05, 0.1) is 7.11 Å². The Hall–Kier alpha value is -1.50. The summed E-state index contributed by atoms with van der Waals surface area (Å²) in [5.74, 6) is 0.937. The van der Waals surface area contributed by atoms with Gasteiger partial charge in [0.2, 0.25) is 0 Å². The lowest BCUT2D eigenvalue weighted by Gasteiger charge is -2.25. The third-order valence-corrected chi connectivity index (χ3v) is 3.04. The molecule has 0 saturated carbocycles. The summed E-state index contributed by atoms with van der Waals surface area (Å²) in [7, 11) is 1.71. The number of allylic oxidation sites excluding steroid dienone is 3. The highest BCUT2D eigenvalue weighted by atomic mass is 16.5. The van der Waals surface area contributed by atoms with E-state index in [4.69, 9.17) is 4.74 Å². The molecule has 1 nitrogen and oxygen atoms in total. The van der Waals surface area contributed by atoms with Crippen molar-refractivity contribution in [1.29, 1.82) is 0 Å². The van der Waals surface area contributed by atoms with Crippen molar-refractivity contribution in [3.05, 3.63) is 47.6 Å². The number of hydrogen-bond donors (Lipinski definition) is 0. The third kappa shape index (κ3) is 2.19. The fraction of sp³-hybridized carbons (Fsp3) is 0.333. The molecule has 0 amide bonds. The molecule has 0 N–H and O–H groups in total. The summed E-state index contributed by atoms with van der Waals surface area (Å²) in [6.07, 6.45) is 3.46. The number of ether oxygens (including phenoxy) is 1. The molecule has 84 valence electrons. The molecular formula is C15H18O. The molecule has 0 fully saturated rings. The number of benzene rings is 1. The van der Waals surface area contributed by atoms with Crippen LogP contribution in [0.5, 0.6) is 5.75 Å². The quantitative estimate of drug-likeness (QED) is 0.682. The largest absolute Gasteiger partial charge is 0.497 e. The van der Waals surface area contributed by atoms with Gasteiger partial charge >= 0.3 is 0 Å². The highest BCUT2D eigenvalue weighted by molar-refractivity contribution is 5.74. The van der Waals surface area contributed by atoms with Crippen LogP contribution in [0.1, 0.15) is 31.7 Å². The molecule has 2 rings (SSSR count). The molecule has 0 bridgehead atoms. The summed E-state index contributed by atoms with van der Waals surface area (Å²) in [5.41, 5.74) is 5.58. The Labute approximate surface area is 97.4 Å². The molecule has 0 radical (unpaired) electrons. The van der Waals surface area contributed by atoms with Crippen LogP contribution in [0.15, 0.2) is 42.0 Å². The summed E-state index contributed by atoms with van der Waals surface area (Å²) in [4.78, 5) is 0. The lowest BCUT2D eigenvalue weighted by molar-refractivity contribution is 0.414. The maximum absolute atomic E-state index is 5.25. The minimum Gasteiger partial charge on any atom is -0.497 e. The van der Waals surface area contributed by atoms with E-state index in [-0.39, 0.29) is 0 Å².